The van der Waals surface area contributed by atoms with Crippen molar-refractivity contribution in [1.29, 1.82) is 0 Å². The van der Waals surface area contributed by atoms with Crippen molar-refractivity contribution in [3.63, 3.8) is 0 Å². The first-order chi connectivity index (χ1) is 16.8. The van der Waals surface area contributed by atoms with Gasteiger partial charge in [-0.3, -0.25) is 4.79 Å². The lowest BCUT2D eigenvalue weighted by atomic mass is 9.96. The van der Waals surface area contributed by atoms with Gasteiger partial charge in [-0.2, -0.15) is 4.72 Å². The molecule has 2 unspecified atom stereocenters. The molecule has 0 spiro atoms. The zero-order valence-corrected chi connectivity index (χ0v) is 19.7. The molecule has 0 saturated carbocycles. The van der Waals surface area contributed by atoms with Crippen LogP contribution >= 0.6 is 0 Å². The fraction of sp³-hybridized carbons (Fsp3) is 0.333. The second-order valence-corrected chi connectivity index (χ2v) is 10.1. The van der Waals surface area contributed by atoms with Crippen molar-refractivity contribution < 1.29 is 27.4 Å². The Bertz CT molecular complexity index is 1250. The Morgan fingerprint density at radius 1 is 1.26 bits per heavy atom. The number of halogens is 1. The number of aliphatic carboxylic acids is 1. The van der Waals surface area contributed by atoms with E-state index in [4.69, 9.17) is 4.74 Å². The number of hydrogen-bond acceptors (Lipinski definition) is 6. The molecule has 11 heteroatoms. The van der Waals surface area contributed by atoms with Gasteiger partial charge in [0.1, 0.15) is 17.6 Å². The summed E-state index contributed by atoms with van der Waals surface area (Å²) in [5.74, 6) is -0.370. The standard InChI is InChI=1S/C24H27FN4O5S/c25-18-5-8-20(9-6-18)35(32,33)29-21(23(30)31)15-16-3-10-22-17(14-16)4-7-19(34-22)2-1-11-26-24-27-12-13-28-24/h3,5-6,8-10,12-14,19,21,29H,1-2,4,7,11,15H2,(H,30,31)(H2,26,27,28). The highest BCUT2D eigenvalue weighted by molar-refractivity contribution is 7.89. The lowest BCUT2D eigenvalue weighted by molar-refractivity contribution is -0.138. The molecule has 186 valence electrons. The molecule has 0 fully saturated rings. The second kappa shape index (κ2) is 10.9. The minimum Gasteiger partial charge on any atom is -0.490 e. The molecule has 4 N–H and O–H groups in total. The number of ether oxygens (including phenoxy) is 1. The summed E-state index contributed by atoms with van der Waals surface area (Å²) >= 11 is 0. The van der Waals surface area contributed by atoms with Crippen LogP contribution in [0.4, 0.5) is 10.3 Å². The van der Waals surface area contributed by atoms with Gasteiger partial charge < -0.3 is 20.1 Å². The van der Waals surface area contributed by atoms with E-state index in [2.05, 4.69) is 20.0 Å². The van der Waals surface area contributed by atoms with E-state index < -0.39 is 27.9 Å². The number of carbonyl (C=O) groups is 1. The second-order valence-electron chi connectivity index (χ2n) is 8.40. The first-order valence-electron chi connectivity index (χ1n) is 11.3. The van der Waals surface area contributed by atoms with Crippen molar-refractivity contribution in [3.8, 4) is 5.75 Å². The maximum atomic E-state index is 13.1. The average molecular weight is 503 g/mol. The number of H-pyrrole nitrogens is 1. The van der Waals surface area contributed by atoms with Gasteiger partial charge >= 0.3 is 5.97 Å². The Morgan fingerprint density at radius 2 is 2.06 bits per heavy atom. The van der Waals surface area contributed by atoms with E-state index in [1.807, 2.05) is 12.1 Å². The first kappa shape index (κ1) is 24.7. The number of nitrogens with one attached hydrogen (secondary N) is 3. The number of sulfonamides is 1. The summed E-state index contributed by atoms with van der Waals surface area (Å²) in [7, 11) is -4.12. The molecule has 0 saturated heterocycles. The highest BCUT2D eigenvalue weighted by Crippen LogP contribution is 2.30. The number of carboxylic acid groups (broad SMARTS) is 1. The van der Waals surface area contributed by atoms with Gasteiger partial charge in [0.25, 0.3) is 0 Å². The van der Waals surface area contributed by atoms with Gasteiger partial charge in [-0.1, -0.05) is 12.1 Å². The third-order valence-corrected chi connectivity index (χ3v) is 7.29. The molecule has 0 aliphatic carbocycles. The largest absolute Gasteiger partial charge is 0.490 e. The summed E-state index contributed by atoms with van der Waals surface area (Å²) in [4.78, 5) is 18.7. The smallest absolute Gasteiger partial charge is 0.322 e. The molecule has 2 heterocycles. The lowest BCUT2D eigenvalue weighted by Crippen LogP contribution is -2.42. The SMILES string of the molecule is O=C(O)C(Cc1ccc2c(c1)CCC(CCCNc1ncc[nH]1)O2)NS(=O)(=O)c1ccc(F)cc1. The topological polar surface area (TPSA) is 133 Å². The first-order valence-corrected chi connectivity index (χ1v) is 12.8. The van der Waals surface area contributed by atoms with E-state index in [0.29, 0.717) is 5.56 Å². The van der Waals surface area contributed by atoms with E-state index in [1.165, 1.54) is 0 Å². The number of benzene rings is 2. The van der Waals surface area contributed by atoms with Gasteiger partial charge in [-0.05, 0) is 73.6 Å². The number of aromatic nitrogens is 2. The molecule has 1 aliphatic heterocycles. The maximum Gasteiger partial charge on any atom is 0.322 e. The Balaban J connectivity index is 1.34. The Labute approximate surface area is 202 Å². The van der Waals surface area contributed by atoms with E-state index in [-0.39, 0.29) is 17.4 Å². The zero-order chi connectivity index (χ0) is 24.8. The van der Waals surface area contributed by atoms with Gasteiger partial charge in [0.05, 0.1) is 11.0 Å². The molecule has 2 aromatic carbocycles. The Hall–Kier alpha value is -3.44. The minimum absolute atomic E-state index is 0.0368. The van der Waals surface area contributed by atoms with E-state index in [0.717, 1.165) is 73.8 Å². The van der Waals surface area contributed by atoms with Crippen molar-refractivity contribution in [3.05, 3.63) is 71.8 Å². The van der Waals surface area contributed by atoms with Gasteiger partial charge in [0.2, 0.25) is 10.0 Å². The van der Waals surface area contributed by atoms with Crippen molar-refractivity contribution in [2.45, 2.75) is 49.1 Å². The number of fused-ring (bicyclic) bond motifs is 1. The molecule has 9 nitrogen and oxygen atoms in total. The Kier molecular flexibility index (Phi) is 7.67. The van der Waals surface area contributed by atoms with Crippen molar-refractivity contribution in [2.24, 2.45) is 0 Å². The predicted octanol–water partition coefficient (Wildman–Crippen LogP) is 3.11. The third kappa shape index (κ3) is 6.58. The normalized spacial score (nSPS) is 16.2. The highest BCUT2D eigenvalue weighted by atomic mass is 32.2. The molecule has 2 atom stereocenters. The molecule has 0 bridgehead atoms. The summed E-state index contributed by atoms with van der Waals surface area (Å²) < 4.78 is 46.6. The molecule has 35 heavy (non-hydrogen) atoms. The number of imidazole rings is 1. The van der Waals surface area contributed by atoms with Crippen LogP contribution in [0.2, 0.25) is 0 Å². The van der Waals surface area contributed by atoms with Crippen LogP contribution in [0, 0.1) is 5.82 Å². The third-order valence-electron chi connectivity index (χ3n) is 5.81. The predicted molar refractivity (Wildman–Crippen MR) is 127 cm³/mol. The summed E-state index contributed by atoms with van der Waals surface area (Å²) in [6.45, 7) is 0.781. The maximum absolute atomic E-state index is 13.1. The lowest BCUT2D eigenvalue weighted by Gasteiger charge is -2.27. The van der Waals surface area contributed by atoms with E-state index >= 15 is 0 Å². The van der Waals surface area contributed by atoms with Crippen LogP contribution < -0.4 is 14.8 Å². The van der Waals surface area contributed by atoms with Gasteiger partial charge in [-0.25, -0.2) is 17.8 Å². The quantitative estimate of drug-likeness (QED) is 0.296. The molecule has 0 amide bonds. The number of carboxylic acids is 1. The fourth-order valence-electron chi connectivity index (χ4n) is 4.01. The van der Waals surface area contributed by atoms with Crippen LogP contribution in [-0.2, 0) is 27.7 Å². The number of aryl methyl sites for hydroxylation is 1. The van der Waals surface area contributed by atoms with Crippen LogP contribution in [0.15, 0.2) is 59.8 Å². The fourth-order valence-corrected chi connectivity index (χ4v) is 5.20. The molecule has 1 aromatic heterocycles. The average Bonchev–Trinajstić information content (AvgIpc) is 3.35. The molecular formula is C24H27FN4O5S. The number of nitrogens with zero attached hydrogens (tertiary/aromatic N) is 1. The van der Waals surface area contributed by atoms with Crippen LogP contribution in [-0.4, -0.2) is 48.2 Å². The number of anilines is 1. The zero-order valence-electron chi connectivity index (χ0n) is 18.9. The Morgan fingerprint density at radius 3 is 2.77 bits per heavy atom. The summed E-state index contributed by atoms with van der Waals surface area (Å²) in [5.41, 5.74) is 1.65. The van der Waals surface area contributed by atoms with Gasteiger partial charge in [0.15, 0.2) is 5.95 Å². The molecule has 0 radical (unpaired) electrons. The van der Waals surface area contributed by atoms with Crippen molar-refractivity contribution in [2.75, 3.05) is 11.9 Å². The summed E-state index contributed by atoms with van der Waals surface area (Å²) in [6, 6.07) is 8.27. The van der Waals surface area contributed by atoms with Crippen LogP contribution in [0.1, 0.15) is 30.4 Å². The molecule has 1 aliphatic rings. The minimum atomic E-state index is -4.12. The van der Waals surface area contributed by atoms with Crippen LogP contribution in [0.25, 0.3) is 0 Å². The van der Waals surface area contributed by atoms with Crippen LogP contribution in [0.3, 0.4) is 0 Å². The highest BCUT2D eigenvalue weighted by Gasteiger charge is 2.27. The van der Waals surface area contributed by atoms with Gasteiger partial charge in [0, 0.05) is 18.9 Å². The number of rotatable bonds is 11. The monoisotopic (exact) mass is 502 g/mol. The summed E-state index contributed by atoms with van der Waals surface area (Å²) in [6.07, 6.45) is 6.96. The van der Waals surface area contributed by atoms with E-state index in [1.54, 1.807) is 18.5 Å². The van der Waals surface area contributed by atoms with Gasteiger partial charge in [-0.15, -0.1) is 0 Å². The van der Waals surface area contributed by atoms with Crippen molar-refractivity contribution in [1.82, 2.24) is 14.7 Å². The number of aromatic amines is 1. The van der Waals surface area contributed by atoms with E-state index in [9.17, 15) is 22.7 Å². The van der Waals surface area contributed by atoms with Crippen LogP contribution in [0.5, 0.6) is 5.75 Å². The molecule has 4 rings (SSSR count). The number of hydrogen-bond donors (Lipinski definition) is 4. The summed E-state index contributed by atoms with van der Waals surface area (Å²) in [5, 5.41) is 12.8. The van der Waals surface area contributed by atoms with Crippen molar-refractivity contribution >= 4 is 21.9 Å². The molecular weight excluding hydrogens is 475 g/mol. The molecule has 3 aromatic rings.